The van der Waals surface area contributed by atoms with Gasteiger partial charge in [-0.3, -0.25) is 20.2 Å². The summed E-state index contributed by atoms with van der Waals surface area (Å²) in [5.74, 6) is -5.03. The Hall–Kier alpha value is -4.51. The SMILES string of the molecule is COc1ccccc1[C@@H]1[C@H]([N+](=O)[O-])[C@@H](c2ccccc2OC)[C@H]([N+](=O)[O-])[C@@](O)(C(=O)OC(C)(C)C)[C@@H]1Cc1ccccc1. The van der Waals surface area contributed by atoms with Crippen molar-refractivity contribution in [2.75, 3.05) is 14.2 Å². The summed E-state index contributed by atoms with van der Waals surface area (Å²) in [5, 5.41) is 39.0. The van der Waals surface area contributed by atoms with Crippen LogP contribution in [0.3, 0.4) is 0 Å². The van der Waals surface area contributed by atoms with Gasteiger partial charge in [-0.15, -0.1) is 0 Å². The quantitative estimate of drug-likeness (QED) is 0.210. The summed E-state index contributed by atoms with van der Waals surface area (Å²) in [4.78, 5) is 39.1. The Morgan fingerprint density at radius 2 is 1.30 bits per heavy atom. The van der Waals surface area contributed by atoms with Gasteiger partial charge >= 0.3 is 5.97 Å². The molecule has 1 fully saturated rings. The molecule has 1 aliphatic carbocycles. The van der Waals surface area contributed by atoms with E-state index >= 15 is 0 Å². The molecule has 0 aliphatic heterocycles. The van der Waals surface area contributed by atoms with Gasteiger partial charge in [-0.1, -0.05) is 66.7 Å². The molecule has 0 amide bonds. The van der Waals surface area contributed by atoms with Gasteiger partial charge in [0.2, 0.25) is 11.6 Å². The van der Waals surface area contributed by atoms with Gasteiger partial charge in [-0.2, -0.15) is 0 Å². The highest BCUT2D eigenvalue weighted by Gasteiger charge is 2.73. The van der Waals surface area contributed by atoms with Crippen molar-refractivity contribution < 1.29 is 34.0 Å². The minimum atomic E-state index is -2.82. The average Bonchev–Trinajstić information content (AvgIpc) is 2.96. The monoisotopic (exact) mass is 592 g/mol. The zero-order valence-corrected chi connectivity index (χ0v) is 24.7. The summed E-state index contributed by atoms with van der Waals surface area (Å²) in [6.45, 7) is 4.75. The van der Waals surface area contributed by atoms with Crippen LogP contribution in [0.2, 0.25) is 0 Å². The summed E-state index contributed by atoms with van der Waals surface area (Å²) in [6.07, 6.45) is -0.105. The Kier molecular flexibility index (Phi) is 9.05. The smallest absolute Gasteiger partial charge is 0.346 e. The Morgan fingerprint density at radius 1 is 0.814 bits per heavy atom. The maximum Gasteiger partial charge on any atom is 0.346 e. The van der Waals surface area contributed by atoms with Crippen molar-refractivity contribution in [3.05, 3.63) is 116 Å². The van der Waals surface area contributed by atoms with Gasteiger partial charge in [0, 0.05) is 26.9 Å². The van der Waals surface area contributed by atoms with Gasteiger partial charge in [-0.05, 0) is 44.9 Å². The molecule has 0 unspecified atom stereocenters. The molecule has 0 aromatic heterocycles. The predicted octanol–water partition coefficient (Wildman–Crippen LogP) is 4.81. The summed E-state index contributed by atoms with van der Waals surface area (Å²) >= 11 is 0. The molecule has 0 heterocycles. The van der Waals surface area contributed by atoms with E-state index in [1.54, 1.807) is 87.5 Å². The summed E-state index contributed by atoms with van der Waals surface area (Å²) < 4.78 is 16.8. The van der Waals surface area contributed by atoms with E-state index in [0.29, 0.717) is 11.1 Å². The summed E-state index contributed by atoms with van der Waals surface area (Å²) in [6, 6.07) is 17.7. The number of methoxy groups -OCH3 is 2. The number of nitrogens with zero attached hydrogens (tertiary/aromatic N) is 2. The molecule has 1 saturated carbocycles. The number of para-hydroxylation sites is 2. The Balaban J connectivity index is 2.15. The van der Waals surface area contributed by atoms with E-state index in [0.717, 1.165) is 0 Å². The van der Waals surface area contributed by atoms with E-state index in [4.69, 9.17) is 14.2 Å². The van der Waals surface area contributed by atoms with Crippen molar-refractivity contribution in [3.63, 3.8) is 0 Å². The highest BCUT2D eigenvalue weighted by atomic mass is 16.6. The molecular weight excluding hydrogens is 556 g/mol. The van der Waals surface area contributed by atoms with E-state index in [1.165, 1.54) is 26.4 Å². The fraction of sp³-hybridized carbons (Fsp3) is 0.406. The lowest BCUT2D eigenvalue weighted by atomic mass is 9.55. The van der Waals surface area contributed by atoms with E-state index in [9.17, 15) is 30.1 Å². The summed E-state index contributed by atoms with van der Waals surface area (Å²) in [5.41, 5.74) is -2.89. The van der Waals surface area contributed by atoms with Gasteiger partial charge in [0.15, 0.2) is 0 Å². The molecule has 0 radical (unpaired) electrons. The Morgan fingerprint density at radius 3 is 1.77 bits per heavy atom. The van der Waals surface area contributed by atoms with Crippen molar-refractivity contribution in [2.45, 2.75) is 62.3 Å². The summed E-state index contributed by atoms with van der Waals surface area (Å²) in [7, 11) is 2.76. The average molecular weight is 593 g/mol. The number of nitro groups is 2. The lowest BCUT2D eigenvalue weighted by Gasteiger charge is -2.48. The van der Waals surface area contributed by atoms with Crippen LogP contribution in [0, 0.1) is 26.1 Å². The molecule has 3 aromatic rings. The molecule has 0 saturated heterocycles. The predicted molar refractivity (Wildman–Crippen MR) is 157 cm³/mol. The molecule has 1 aliphatic rings. The third kappa shape index (κ3) is 6.03. The van der Waals surface area contributed by atoms with Crippen molar-refractivity contribution in [2.24, 2.45) is 5.92 Å². The van der Waals surface area contributed by atoms with E-state index < -0.39 is 56.9 Å². The first kappa shape index (κ1) is 31.4. The fourth-order valence-electron chi connectivity index (χ4n) is 6.39. The number of rotatable bonds is 9. The number of hydrogen-bond donors (Lipinski definition) is 1. The van der Waals surface area contributed by atoms with Crippen LogP contribution in [0.25, 0.3) is 0 Å². The number of hydrogen-bond acceptors (Lipinski definition) is 9. The van der Waals surface area contributed by atoms with E-state index in [-0.39, 0.29) is 23.5 Å². The second-order valence-electron chi connectivity index (χ2n) is 11.7. The van der Waals surface area contributed by atoms with Crippen LogP contribution in [-0.2, 0) is 16.0 Å². The first-order chi connectivity index (χ1) is 20.3. The van der Waals surface area contributed by atoms with Gasteiger partial charge < -0.3 is 19.3 Å². The van der Waals surface area contributed by atoms with Crippen LogP contribution >= 0.6 is 0 Å². The third-order valence-corrected chi connectivity index (χ3v) is 8.02. The standard InChI is InChI=1S/C32H36N2O9/c1-31(2,3)43-30(35)32(36)23(19-20-13-7-6-8-14-20)26(21-15-9-11-17-24(21)41-4)28(33(37)38)27(29(32)34(39)40)22-16-10-12-18-25(22)42-5/h6-18,23,26-29,36H,19H2,1-5H3/t23-,26+,27-,28+,29+,32-/m1/s1. The first-order valence-electron chi connectivity index (χ1n) is 13.9. The minimum absolute atomic E-state index is 0.105. The highest BCUT2D eigenvalue weighted by Crippen LogP contribution is 2.56. The number of aliphatic hydroxyl groups is 1. The molecule has 11 nitrogen and oxygen atoms in total. The van der Waals surface area contributed by atoms with Crippen LogP contribution in [0.15, 0.2) is 78.9 Å². The second-order valence-corrected chi connectivity index (χ2v) is 11.7. The van der Waals surface area contributed by atoms with Crippen LogP contribution in [-0.4, -0.2) is 58.4 Å². The lowest BCUT2D eigenvalue weighted by molar-refractivity contribution is -0.594. The van der Waals surface area contributed by atoms with Crippen molar-refractivity contribution in [1.82, 2.24) is 0 Å². The topological polar surface area (TPSA) is 151 Å². The molecular formula is C32H36N2O9. The molecule has 0 bridgehead atoms. The molecule has 4 rings (SSSR count). The Bertz CT molecular complexity index is 1470. The van der Waals surface area contributed by atoms with Crippen LogP contribution < -0.4 is 9.47 Å². The maximum absolute atomic E-state index is 14.2. The maximum atomic E-state index is 14.2. The highest BCUT2D eigenvalue weighted by molar-refractivity contribution is 5.82. The molecule has 3 aromatic carbocycles. The largest absolute Gasteiger partial charge is 0.496 e. The number of benzene rings is 3. The molecule has 1 N–H and O–H groups in total. The van der Waals surface area contributed by atoms with Crippen molar-refractivity contribution in [1.29, 1.82) is 0 Å². The minimum Gasteiger partial charge on any atom is -0.496 e. The van der Waals surface area contributed by atoms with Crippen LogP contribution in [0.1, 0.15) is 49.3 Å². The second kappa shape index (κ2) is 12.4. The van der Waals surface area contributed by atoms with Gasteiger partial charge in [0.25, 0.3) is 6.04 Å². The molecule has 43 heavy (non-hydrogen) atoms. The van der Waals surface area contributed by atoms with Gasteiger partial charge in [0.05, 0.1) is 20.1 Å². The zero-order valence-electron chi connectivity index (χ0n) is 24.7. The zero-order chi connectivity index (χ0) is 31.5. The number of esters is 1. The van der Waals surface area contributed by atoms with Crippen molar-refractivity contribution in [3.8, 4) is 11.5 Å². The third-order valence-electron chi connectivity index (χ3n) is 8.02. The van der Waals surface area contributed by atoms with Gasteiger partial charge in [0.1, 0.15) is 23.0 Å². The molecule has 0 spiro atoms. The molecule has 6 atom stereocenters. The first-order valence-corrected chi connectivity index (χ1v) is 13.9. The molecule has 11 heteroatoms. The van der Waals surface area contributed by atoms with Crippen molar-refractivity contribution >= 4 is 5.97 Å². The van der Waals surface area contributed by atoms with Crippen LogP contribution in [0.5, 0.6) is 11.5 Å². The number of carbonyl (C=O) groups is 1. The Labute approximate surface area is 249 Å². The molecule has 228 valence electrons. The normalized spacial score (nSPS) is 25.4. The lowest BCUT2D eigenvalue weighted by Crippen LogP contribution is -2.70. The number of carbonyl (C=O) groups excluding carboxylic acids is 1. The van der Waals surface area contributed by atoms with Gasteiger partial charge in [-0.25, -0.2) is 4.79 Å². The fourth-order valence-corrected chi connectivity index (χ4v) is 6.39. The van der Waals surface area contributed by atoms with Crippen LogP contribution in [0.4, 0.5) is 0 Å². The number of ether oxygens (including phenoxy) is 3. The van der Waals surface area contributed by atoms with E-state index in [1.807, 2.05) is 0 Å². The van der Waals surface area contributed by atoms with E-state index in [2.05, 4.69) is 0 Å².